The molecular formula is C63H126F6O6. The van der Waals surface area contributed by atoms with E-state index in [-0.39, 0.29) is 95.7 Å². The third-order valence-corrected chi connectivity index (χ3v) is 19.2. The van der Waals surface area contributed by atoms with Gasteiger partial charge in [-0.25, -0.2) is 26.3 Å². The van der Waals surface area contributed by atoms with Crippen LogP contribution in [0.4, 0.5) is 26.3 Å². The van der Waals surface area contributed by atoms with Crippen LogP contribution in [0.3, 0.4) is 0 Å². The number of carbonyl (C=O) groups excluding carboxylic acids is 3. The van der Waals surface area contributed by atoms with Gasteiger partial charge in [-0.3, -0.25) is 0 Å². The Morgan fingerprint density at radius 1 is 0.293 bits per heavy atom. The molecule has 0 aliphatic heterocycles. The van der Waals surface area contributed by atoms with Crippen LogP contribution in [0.2, 0.25) is 0 Å². The lowest BCUT2D eigenvalue weighted by atomic mass is 9.71. The van der Waals surface area contributed by atoms with Gasteiger partial charge in [0, 0.05) is 26.4 Å². The highest BCUT2D eigenvalue weighted by atomic mass is 19.2. The Morgan fingerprint density at radius 3 is 0.720 bits per heavy atom. The van der Waals surface area contributed by atoms with Gasteiger partial charge in [0.05, 0.1) is 0 Å². The molecule has 12 heteroatoms. The molecule has 0 heterocycles. The summed E-state index contributed by atoms with van der Waals surface area (Å²) in [7, 11) is 0. The average Bonchev–Trinajstić information content (AvgIpc) is 3.36. The van der Waals surface area contributed by atoms with E-state index in [2.05, 4.69) is 20.8 Å². The van der Waals surface area contributed by atoms with Crippen LogP contribution in [-0.2, 0) is 14.4 Å². The van der Waals surface area contributed by atoms with Crippen molar-refractivity contribution in [1.82, 2.24) is 0 Å². The molecule has 75 heavy (non-hydrogen) atoms. The van der Waals surface area contributed by atoms with Crippen LogP contribution >= 0.6 is 0 Å². The van der Waals surface area contributed by atoms with Crippen LogP contribution in [0.5, 0.6) is 0 Å². The Morgan fingerprint density at radius 2 is 0.507 bits per heavy atom. The van der Waals surface area contributed by atoms with Gasteiger partial charge in [-0.05, 0) is 162 Å². The van der Waals surface area contributed by atoms with Gasteiger partial charge < -0.3 is 30.8 Å². The molecular weight excluding hydrogens is 967 g/mol. The maximum atomic E-state index is 13.3. The summed E-state index contributed by atoms with van der Waals surface area (Å²) < 4.78 is 79.5. The largest absolute Gasteiger partial charge is 0.412 e. The van der Waals surface area contributed by atoms with Crippen molar-refractivity contribution in [2.75, 3.05) is 0 Å². The standard InChI is InChI=1S/2C13H24.3C10H16F2O.C7H14.3H2O.5H2/c2*1-11-7-9-13(10-8-11)12-5-3-2-4-6-12;3*1-6-3-4-8(5-7(2)13)10(12)9(6)11;1-7-5-3-2-4-6-7;;;;;;;;/h2*11-13H,2-10H2,1H3;3*6,8-10H,3-5H2,1-2H3;7H,2-6H2,1H3;3*1H2;5*1H. The maximum absolute atomic E-state index is 13.3. The van der Waals surface area contributed by atoms with Crippen molar-refractivity contribution < 1.29 is 64.3 Å². The summed E-state index contributed by atoms with van der Waals surface area (Å²) >= 11 is 0. The topological polar surface area (TPSA) is 146 Å². The number of carbonyl (C=O) groups is 3. The number of ketones is 3. The zero-order valence-corrected chi connectivity index (χ0v) is 49.1. The average molecular weight is 1090 g/mol. The second-order valence-electron chi connectivity index (χ2n) is 25.9. The van der Waals surface area contributed by atoms with E-state index in [0.717, 1.165) is 41.4 Å². The van der Waals surface area contributed by atoms with Crippen LogP contribution < -0.4 is 0 Å². The van der Waals surface area contributed by atoms with E-state index >= 15 is 0 Å². The minimum Gasteiger partial charge on any atom is -0.412 e. The summed E-state index contributed by atoms with van der Waals surface area (Å²) in [6, 6.07) is 0. The van der Waals surface area contributed by atoms with Crippen molar-refractivity contribution in [1.29, 1.82) is 0 Å². The van der Waals surface area contributed by atoms with Gasteiger partial charge in [0.25, 0.3) is 0 Å². The molecule has 8 rings (SSSR count). The van der Waals surface area contributed by atoms with Gasteiger partial charge >= 0.3 is 0 Å². The van der Waals surface area contributed by atoms with Crippen molar-refractivity contribution in [2.45, 2.75) is 305 Å². The predicted molar refractivity (Wildman–Crippen MR) is 310 cm³/mol. The fraction of sp³-hybridized carbons (Fsp3) is 0.952. The monoisotopic (exact) mass is 1090 g/mol. The molecule has 8 aliphatic rings. The van der Waals surface area contributed by atoms with E-state index in [1.165, 1.54) is 117 Å². The van der Waals surface area contributed by atoms with Gasteiger partial charge in [-0.15, -0.1) is 0 Å². The van der Waals surface area contributed by atoms with Gasteiger partial charge in [0.15, 0.2) is 0 Å². The molecule has 12 unspecified atom stereocenters. The van der Waals surface area contributed by atoms with E-state index in [9.17, 15) is 40.7 Å². The molecule has 6 N–H and O–H groups in total. The molecule has 0 aromatic heterocycles. The molecule has 0 aromatic carbocycles. The molecule has 0 radical (unpaired) electrons. The van der Waals surface area contributed by atoms with Gasteiger partial charge in [-0.1, -0.05) is 164 Å². The summed E-state index contributed by atoms with van der Waals surface area (Å²) in [5, 5.41) is 0. The lowest BCUT2D eigenvalue weighted by molar-refractivity contribution is -0.120. The molecule has 0 aromatic rings. The van der Waals surface area contributed by atoms with Crippen molar-refractivity contribution in [3.63, 3.8) is 0 Å². The molecule has 0 bridgehead atoms. The molecule has 0 spiro atoms. The Bertz CT molecular complexity index is 1350. The Hall–Kier alpha value is -1.53. The summed E-state index contributed by atoms with van der Waals surface area (Å²) in [6.07, 6.45) is 31.2. The molecule has 8 aliphatic carbocycles. The van der Waals surface area contributed by atoms with Gasteiger partial charge in [-0.2, -0.15) is 0 Å². The highest BCUT2D eigenvalue weighted by Crippen LogP contribution is 2.42. The second kappa shape index (κ2) is 39.8. The zero-order valence-electron chi connectivity index (χ0n) is 49.1. The quantitative estimate of drug-likeness (QED) is 0.223. The van der Waals surface area contributed by atoms with E-state index in [1.807, 2.05) is 0 Å². The Kier molecular flexibility index (Phi) is 39.0. The summed E-state index contributed by atoms with van der Waals surface area (Å²) in [4.78, 5) is 32.3. The van der Waals surface area contributed by atoms with Gasteiger partial charge in [0.2, 0.25) is 0 Å². The van der Waals surface area contributed by atoms with Crippen LogP contribution in [0, 0.1) is 76.9 Å². The lowest BCUT2D eigenvalue weighted by Gasteiger charge is -2.34. The van der Waals surface area contributed by atoms with Crippen LogP contribution in [0.15, 0.2) is 0 Å². The van der Waals surface area contributed by atoms with Crippen molar-refractivity contribution in [2.24, 2.45) is 76.9 Å². The first-order chi connectivity index (χ1) is 34.2. The SMILES string of the molecule is CC(=O)CC1CCC(C)C(F)C1F.CC(=O)CC1CCC(C)C(F)C1F.CC(=O)CC1CCC(C)C(F)C1F.CC1CCC(C2CCCCC2)CC1.CC1CCC(C2CCCCC2)CC1.CC1CCCCC1.O.O.O.[HH].[HH].[HH].[HH].[HH]. The number of halogens is 6. The Labute approximate surface area is 462 Å². The summed E-state index contributed by atoms with van der Waals surface area (Å²) in [5.41, 5.74) is 0. The third-order valence-electron chi connectivity index (χ3n) is 19.2. The molecule has 12 atom stereocenters. The first-order valence-electron chi connectivity index (χ1n) is 30.5. The van der Waals surface area contributed by atoms with E-state index in [1.54, 1.807) is 72.1 Å². The number of hydrogen-bond donors (Lipinski definition) is 0. The van der Waals surface area contributed by atoms with Crippen LogP contribution in [0.1, 0.15) is 275 Å². The molecule has 6 nitrogen and oxygen atoms in total. The highest BCUT2D eigenvalue weighted by Gasteiger charge is 2.40. The number of Topliss-reactive ketones (excluding diaryl/α,β-unsaturated/α-hetero) is 3. The van der Waals surface area contributed by atoms with E-state index < -0.39 is 37.0 Å². The summed E-state index contributed by atoms with van der Waals surface area (Å²) in [6.45, 7) is 16.7. The van der Waals surface area contributed by atoms with E-state index in [0.29, 0.717) is 38.5 Å². The fourth-order valence-corrected chi connectivity index (χ4v) is 13.9. The van der Waals surface area contributed by atoms with E-state index in [4.69, 9.17) is 0 Å². The molecule has 0 amide bonds. The van der Waals surface area contributed by atoms with Crippen molar-refractivity contribution in [3.8, 4) is 0 Å². The fourth-order valence-electron chi connectivity index (χ4n) is 13.9. The highest BCUT2D eigenvalue weighted by molar-refractivity contribution is 5.76. The minimum atomic E-state index is -1.44. The smallest absolute Gasteiger partial charge is 0.135 e. The third kappa shape index (κ3) is 28.0. The number of hydrogen-bond acceptors (Lipinski definition) is 3. The summed E-state index contributed by atoms with van der Waals surface area (Å²) in [5.74, 6) is 5.70. The maximum Gasteiger partial charge on any atom is 0.135 e. The Balaban J connectivity index is -0.000000203. The first-order valence-corrected chi connectivity index (χ1v) is 30.5. The number of rotatable bonds is 8. The predicted octanol–water partition coefficient (Wildman–Crippen LogP) is 18.2. The first kappa shape index (κ1) is 73.5. The van der Waals surface area contributed by atoms with Crippen molar-refractivity contribution in [3.05, 3.63) is 0 Å². The molecule has 8 fully saturated rings. The minimum absolute atomic E-state index is 0. The lowest BCUT2D eigenvalue weighted by Crippen LogP contribution is -2.37. The van der Waals surface area contributed by atoms with Crippen LogP contribution in [-0.4, -0.2) is 70.8 Å². The molecule has 0 saturated heterocycles. The number of alkyl halides is 6. The normalized spacial score (nSPS) is 36.4. The van der Waals surface area contributed by atoms with Crippen LogP contribution in [0.25, 0.3) is 0 Å². The second-order valence-corrected chi connectivity index (χ2v) is 25.9. The molecule has 8 saturated carbocycles. The van der Waals surface area contributed by atoms with Gasteiger partial charge in [0.1, 0.15) is 54.4 Å². The zero-order chi connectivity index (χ0) is 53.3. The van der Waals surface area contributed by atoms with Crippen molar-refractivity contribution >= 4 is 17.3 Å². The molecule has 456 valence electrons.